The summed E-state index contributed by atoms with van der Waals surface area (Å²) < 4.78 is 0. The summed E-state index contributed by atoms with van der Waals surface area (Å²) in [5.41, 5.74) is 1.84. The van der Waals surface area contributed by atoms with Crippen LogP contribution in [0.15, 0.2) is 66.7 Å². The van der Waals surface area contributed by atoms with Gasteiger partial charge in [0.2, 0.25) is 5.91 Å². The number of hydrogen-bond donors (Lipinski definition) is 1. The molecule has 0 spiro atoms. The molecular formula is C25H25ClN2O2. The Hall–Kier alpha value is -2.85. The molecule has 1 aliphatic rings. The molecule has 0 aliphatic carbocycles. The number of halogens is 1. The van der Waals surface area contributed by atoms with Crippen molar-refractivity contribution in [1.82, 2.24) is 10.2 Å². The Morgan fingerprint density at radius 1 is 0.967 bits per heavy atom. The van der Waals surface area contributed by atoms with Crippen molar-refractivity contribution in [3.05, 3.63) is 82.9 Å². The zero-order valence-electron chi connectivity index (χ0n) is 16.8. The van der Waals surface area contributed by atoms with Crippen molar-refractivity contribution in [2.45, 2.75) is 19.3 Å². The van der Waals surface area contributed by atoms with Crippen LogP contribution in [0.2, 0.25) is 5.02 Å². The predicted octanol–water partition coefficient (Wildman–Crippen LogP) is 4.70. The lowest BCUT2D eigenvalue weighted by Crippen LogP contribution is -2.43. The van der Waals surface area contributed by atoms with Gasteiger partial charge in [0, 0.05) is 36.1 Å². The smallest absolute Gasteiger partial charge is 0.254 e. The number of fused-ring (bicyclic) bond motifs is 1. The van der Waals surface area contributed by atoms with Crippen molar-refractivity contribution >= 4 is 34.2 Å². The van der Waals surface area contributed by atoms with E-state index in [1.54, 1.807) is 0 Å². The van der Waals surface area contributed by atoms with E-state index < -0.39 is 0 Å². The lowest BCUT2D eigenvalue weighted by atomic mass is 9.94. The number of nitrogens with one attached hydrogen (secondary N) is 1. The normalized spacial score (nSPS) is 14.6. The first-order valence-electron chi connectivity index (χ1n) is 10.4. The summed E-state index contributed by atoms with van der Waals surface area (Å²) in [6.07, 6.45) is 2.14. The molecule has 4 nitrogen and oxygen atoms in total. The average Bonchev–Trinajstić information content (AvgIpc) is 2.78. The predicted molar refractivity (Wildman–Crippen MR) is 121 cm³/mol. The van der Waals surface area contributed by atoms with Gasteiger partial charge in [-0.1, -0.05) is 60.1 Å². The van der Waals surface area contributed by atoms with E-state index in [0.717, 1.165) is 28.3 Å². The van der Waals surface area contributed by atoms with Gasteiger partial charge in [-0.25, -0.2) is 0 Å². The fourth-order valence-corrected chi connectivity index (χ4v) is 4.31. The Bertz CT molecular complexity index is 1050. The van der Waals surface area contributed by atoms with Crippen LogP contribution < -0.4 is 5.32 Å². The minimum atomic E-state index is -0.0408. The van der Waals surface area contributed by atoms with Crippen LogP contribution in [0.3, 0.4) is 0 Å². The van der Waals surface area contributed by atoms with Crippen molar-refractivity contribution in [2.75, 3.05) is 19.6 Å². The molecule has 0 saturated carbocycles. The largest absolute Gasteiger partial charge is 0.356 e. The Morgan fingerprint density at radius 3 is 2.50 bits per heavy atom. The van der Waals surface area contributed by atoms with E-state index in [0.29, 0.717) is 37.5 Å². The fourth-order valence-electron chi connectivity index (χ4n) is 4.09. The molecule has 154 valence electrons. The molecule has 30 heavy (non-hydrogen) atoms. The highest BCUT2D eigenvalue weighted by molar-refractivity contribution is 6.30. The van der Waals surface area contributed by atoms with Gasteiger partial charge < -0.3 is 10.2 Å². The molecule has 0 atom stereocenters. The monoisotopic (exact) mass is 420 g/mol. The van der Waals surface area contributed by atoms with Gasteiger partial charge in [0.05, 0.1) is 0 Å². The summed E-state index contributed by atoms with van der Waals surface area (Å²) in [4.78, 5) is 27.5. The first-order valence-corrected chi connectivity index (χ1v) is 10.8. The van der Waals surface area contributed by atoms with Gasteiger partial charge in [0.1, 0.15) is 0 Å². The summed E-state index contributed by atoms with van der Waals surface area (Å²) in [5.74, 6) is 0.0850. The summed E-state index contributed by atoms with van der Waals surface area (Å²) >= 11 is 6.00. The average molecular weight is 421 g/mol. The fraction of sp³-hybridized carbons (Fsp3) is 0.280. The number of piperidine rings is 1. The first-order chi connectivity index (χ1) is 14.6. The molecule has 1 fully saturated rings. The second kappa shape index (κ2) is 9.31. The van der Waals surface area contributed by atoms with E-state index in [-0.39, 0.29) is 17.7 Å². The highest BCUT2D eigenvalue weighted by Gasteiger charge is 2.28. The Balaban J connectivity index is 1.30. The minimum Gasteiger partial charge on any atom is -0.356 e. The van der Waals surface area contributed by atoms with Crippen LogP contribution in [-0.2, 0) is 11.2 Å². The summed E-state index contributed by atoms with van der Waals surface area (Å²) in [6, 6.07) is 21.5. The molecule has 3 aromatic carbocycles. The van der Waals surface area contributed by atoms with E-state index >= 15 is 0 Å². The van der Waals surface area contributed by atoms with Crippen molar-refractivity contribution < 1.29 is 9.59 Å². The van der Waals surface area contributed by atoms with Gasteiger partial charge in [0.25, 0.3) is 5.91 Å². The summed E-state index contributed by atoms with van der Waals surface area (Å²) in [5, 5.41) is 5.79. The number of likely N-dealkylation sites (tertiary alicyclic amines) is 1. The molecule has 1 saturated heterocycles. The van der Waals surface area contributed by atoms with Gasteiger partial charge in [-0.05, 0) is 53.8 Å². The van der Waals surface area contributed by atoms with Gasteiger partial charge in [0.15, 0.2) is 0 Å². The topological polar surface area (TPSA) is 49.4 Å². The molecule has 3 aromatic rings. The maximum atomic E-state index is 13.1. The third-order valence-electron chi connectivity index (χ3n) is 5.77. The molecule has 4 rings (SSSR count). The standard InChI is InChI=1S/C25H25ClN2O2/c26-21-8-3-5-18(17-21)11-14-27-24(29)20-12-15-28(16-13-20)25(30)23-10-4-7-19-6-1-2-9-22(19)23/h1-10,17,20H,11-16H2,(H,27,29). The maximum absolute atomic E-state index is 13.1. The molecule has 1 heterocycles. The number of benzene rings is 3. The maximum Gasteiger partial charge on any atom is 0.254 e. The molecule has 0 radical (unpaired) electrons. The van der Waals surface area contributed by atoms with Crippen molar-refractivity contribution in [1.29, 1.82) is 0 Å². The molecule has 1 aliphatic heterocycles. The van der Waals surface area contributed by atoms with Crippen molar-refractivity contribution in [2.24, 2.45) is 5.92 Å². The van der Waals surface area contributed by atoms with Crippen LogP contribution in [0.4, 0.5) is 0 Å². The molecule has 0 unspecified atom stereocenters. The van der Waals surface area contributed by atoms with Crippen molar-refractivity contribution in [3.63, 3.8) is 0 Å². The summed E-state index contributed by atoms with van der Waals surface area (Å²) in [6.45, 7) is 1.80. The van der Waals surface area contributed by atoms with E-state index in [1.807, 2.05) is 71.6 Å². The van der Waals surface area contributed by atoms with Gasteiger partial charge >= 0.3 is 0 Å². The highest BCUT2D eigenvalue weighted by Crippen LogP contribution is 2.23. The Labute approximate surface area is 181 Å². The molecule has 0 aromatic heterocycles. The van der Waals surface area contributed by atoms with Crippen LogP contribution in [-0.4, -0.2) is 36.3 Å². The first kappa shape index (κ1) is 20.4. The SMILES string of the molecule is O=C(NCCc1cccc(Cl)c1)C1CCN(C(=O)c2cccc3ccccc23)CC1. The van der Waals surface area contributed by atoms with Crippen molar-refractivity contribution in [3.8, 4) is 0 Å². The zero-order valence-corrected chi connectivity index (χ0v) is 17.6. The molecular weight excluding hydrogens is 396 g/mol. The van der Waals surface area contributed by atoms with Crippen LogP contribution in [0, 0.1) is 5.92 Å². The third kappa shape index (κ3) is 4.65. The van der Waals surface area contributed by atoms with E-state index in [2.05, 4.69) is 5.32 Å². The third-order valence-corrected chi connectivity index (χ3v) is 6.01. The zero-order chi connectivity index (χ0) is 20.9. The summed E-state index contributed by atoms with van der Waals surface area (Å²) in [7, 11) is 0. The van der Waals surface area contributed by atoms with Crippen LogP contribution in [0.25, 0.3) is 10.8 Å². The molecule has 0 bridgehead atoms. The number of carbonyl (C=O) groups excluding carboxylic acids is 2. The Morgan fingerprint density at radius 2 is 1.70 bits per heavy atom. The van der Waals surface area contributed by atoms with E-state index in [4.69, 9.17) is 11.6 Å². The number of rotatable bonds is 5. The minimum absolute atomic E-state index is 0.0408. The van der Waals surface area contributed by atoms with E-state index in [9.17, 15) is 9.59 Å². The van der Waals surface area contributed by atoms with Gasteiger partial charge in [-0.15, -0.1) is 0 Å². The molecule has 2 amide bonds. The number of nitrogens with zero attached hydrogens (tertiary/aromatic N) is 1. The second-order valence-electron chi connectivity index (χ2n) is 7.76. The Kier molecular flexibility index (Phi) is 6.34. The van der Waals surface area contributed by atoms with Gasteiger partial charge in [-0.3, -0.25) is 9.59 Å². The second-order valence-corrected chi connectivity index (χ2v) is 8.20. The van der Waals surface area contributed by atoms with Crippen LogP contribution in [0.5, 0.6) is 0 Å². The lowest BCUT2D eigenvalue weighted by Gasteiger charge is -2.31. The van der Waals surface area contributed by atoms with Crippen LogP contribution in [0.1, 0.15) is 28.8 Å². The lowest BCUT2D eigenvalue weighted by molar-refractivity contribution is -0.126. The molecule has 1 N–H and O–H groups in total. The van der Waals surface area contributed by atoms with Gasteiger partial charge in [-0.2, -0.15) is 0 Å². The highest BCUT2D eigenvalue weighted by atomic mass is 35.5. The number of hydrogen-bond acceptors (Lipinski definition) is 2. The number of carbonyl (C=O) groups is 2. The quantitative estimate of drug-likeness (QED) is 0.650. The van der Waals surface area contributed by atoms with Crippen LogP contribution >= 0.6 is 11.6 Å². The number of amides is 2. The van der Waals surface area contributed by atoms with E-state index in [1.165, 1.54) is 0 Å². The molecule has 5 heteroatoms.